The number of benzene rings is 3. The standard InChI is InChI=1S/C42H60O3Si/c1-42(2,3)46(40-30-22-17-23-31-40,41-32-24-18-25-33-41)45-35-26-15-13-11-9-7-5-4-6-8-10-12-14-21-29-39(43)34-36-44-37-38-27-19-16-20-28-38/h16-20,22-25,27-28,30-33,39,43H,4-13,15,26,29,34-37H2,1-3H3. The monoisotopic (exact) mass is 640 g/mol. The van der Waals surface area contributed by atoms with Crippen LogP contribution in [0.25, 0.3) is 0 Å². The molecular weight excluding hydrogens is 581 g/mol. The van der Waals surface area contributed by atoms with Crippen molar-refractivity contribution >= 4 is 18.7 Å². The first kappa shape index (κ1) is 37.8. The SMILES string of the molecule is CC(C)(C)[Si](OCCCCCCCCCCCCCC#CCC(O)CCOCc1ccccc1)(c1ccccc1)c1ccccc1. The topological polar surface area (TPSA) is 38.7 Å². The summed E-state index contributed by atoms with van der Waals surface area (Å²) in [6, 6.07) is 32.1. The average Bonchev–Trinajstić information content (AvgIpc) is 3.07. The van der Waals surface area contributed by atoms with Gasteiger partial charge in [-0.2, -0.15) is 0 Å². The summed E-state index contributed by atoms with van der Waals surface area (Å²) in [7, 11) is -2.40. The number of unbranched alkanes of at least 4 members (excludes halogenated alkanes) is 11. The molecule has 0 spiro atoms. The van der Waals surface area contributed by atoms with Crippen LogP contribution in [0.15, 0.2) is 91.0 Å². The van der Waals surface area contributed by atoms with Gasteiger partial charge in [0, 0.05) is 26.1 Å². The first-order chi connectivity index (χ1) is 22.4. The van der Waals surface area contributed by atoms with E-state index < -0.39 is 14.4 Å². The van der Waals surface area contributed by atoms with Gasteiger partial charge in [0.15, 0.2) is 0 Å². The first-order valence-electron chi connectivity index (χ1n) is 17.9. The van der Waals surface area contributed by atoms with Crippen LogP contribution in [0.5, 0.6) is 0 Å². The molecule has 1 N–H and O–H groups in total. The summed E-state index contributed by atoms with van der Waals surface area (Å²) in [5, 5.41) is 12.9. The van der Waals surface area contributed by atoms with Gasteiger partial charge in [-0.05, 0) is 40.2 Å². The van der Waals surface area contributed by atoms with Crippen molar-refractivity contribution in [2.75, 3.05) is 13.2 Å². The Bertz CT molecular complexity index is 1190. The highest BCUT2D eigenvalue weighted by Crippen LogP contribution is 2.36. The summed E-state index contributed by atoms with van der Waals surface area (Å²) in [6.45, 7) is 9.06. The highest BCUT2D eigenvalue weighted by atomic mass is 28.4. The van der Waals surface area contributed by atoms with Gasteiger partial charge in [0.25, 0.3) is 8.32 Å². The van der Waals surface area contributed by atoms with Gasteiger partial charge in [0.1, 0.15) is 0 Å². The Kier molecular flexibility index (Phi) is 18.1. The second-order valence-electron chi connectivity index (χ2n) is 13.7. The third kappa shape index (κ3) is 13.6. The molecule has 0 bridgehead atoms. The van der Waals surface area contributed by atoms with Crippen LogP contribution < -0.4 is 10.4 Å². The summed E-state index contributed by atoms with van der Waals surface area (Å²) in [4.78, 5) is 0. The number of rotatable bonds is 22. The van der Waals surface area contributed by atoms with Gasteiger partial charge in [-0.25, -0.2) is 0 Å². The first-order valence-corrected chi connectivity index (χ1v) is 19.8. The Morgan fingerprint density at radius 3 is 1.61 bits per heavy atom. The highest BCUT2D eigenvalue weighted by molar-refractivity contribution is 6.99. The zero-order valence-corrected chi connectivity index (χ0v) is 30.0. The summed E-state index contributed by atoms with van der Waals surface area (Å²) in [6.07, 6.45) is 15.9. The molecule has 0 heterocycles. The van der Waals surface area contributed by atoms with E-state index in [2.05, 4.69) is 105 Å². The van der Waals surface area contributed by atoms with Gasteiger partial charge in [0.2, 0.25) is 0 Å². The van der Waals surface area contributed by atoms with E-state index >= 15 is 0 Å². The Morgan fingerprint density at radius 2 is 1.09 bits per heavy atom. The van der Waals surface area contributed by atoms with E-state index in [0.717, 1.165) is 25.0 Å². The quantitative estimate of drug-likeness (QED) is 0.0675. The molecule has 0 saturated heterocycles. The van der Waals surface area contributed by atoms with Crippen molar-refractivity contribution < 1.29 is 14.3 Å². The maximum Gasteiger partial charge on any atom is 0.261 e. The van der Waals surface area contributed by atoms with Crippen LogP contribution in [0.4, 0.5) is 0 Å². The Labute approximate surface area is 282 Å². The lowest BCUT2D eigenvalue weighted by Gasteiger charge is -2.43. The van der Waals surface area contributed by atoms with Gasteiger partial charge in [0.05, 0.1) is 12.7 Å². The lowest BCUT2D eigenvalue weighted by molar-refractivity contribution is 0.0753. The number of ether oxygens (including phenoxy) is 1. The molecule has 0 fully saturated rings. The number of hydrogen-bond acceptors (Lipinski definition) is 3. The molecule has 0 saturated carbocycles. The minimum absolute atomic E-state index is 0.0473. The molecule has 3 rings (SSSR count). The molecule has 3 aromatic carbocycles. The summed E-state index contributed by atoms with van der Waals surface area (Å²) in [5.74, 6) is 6.40. The molecule has 250 valence electrons. The minimum atomic E-state index is -2.40. The van der Waals surface area contributed by atoms with Crippen molar-refractivity contribution in [3.8, 4) is 11.8 Å². The van der Waals surface area contributed by atoms with Crippen molar-refractivity contribution in [3.05, 3.63) is 96.6 Å². The van der Waals surface area contributed by atoms with Crippen molar-refractivity contribution in [1.29, 1.82) is 0 Å². The maximum atomic E-state index is 10.1. The largest absolute Gasteiger partial charge is 0.407 e. The van der Waals surface area contributed by atoms with E-state index in [1.807, 2.05) is 18.2 Å². The van der Waals surface area contributed by atoms with Crippen molar-refractivity contribution in [3.63, 3.8) is 0 Å². The average molecular weight is 641 g/mol. The molecule has 0 aromatic heterocycles. The van der Waals surface area contributed by atoms with Gasteiger partial charge >= 0.3 is 0 Å². The maximum absolute atomic E-state index is 10.1. The van der Waals surface area contributed by atoms with Crippen molar-refractivity contribution in [1.82, 2.24) is 0 Å². The van der Waals surface area contributed by atoms with Crippen LogP contribution >= 0.6 is 0 Å². The third-order valence-electron chi connectivity index (χ3n) is 8.85. The van der Waals surface area contributed by atoms with Crippen molar-refractivity contribution in [2.24, 2.45) is 0 Å². The normalized spacial score (nSPS) is 12.4. The van der Waals surface area contributed by atoms with E-state index in [-0.39, 0.29) is 5.04 Å². The van der Waals surface area contributed by atoms with Crippen molar-refractivity contribution in [2.45, 2.75) is 128 Å². The van der Waals surface area contributed by atoms with E-state index in [0.29, 0.717) is 26.1 Å². The Balaban J connectivity index is 1.17. The zero-order chi connectivity index (χ0) is 32.8. The molecule has 0 aliphatic carbocycles. The molecule has 1 unspecified atom stereocenters. The van der Waals surface area contributed by atoms with Crippen LogP contribution in [0.1, 0.15) is 116 Å². The smallest absolute Gasteiger partial charge is 0.261 e. The molecule has 0 amide bonds. The van der Waals surface area contributed by atoms with Crippen LogP contribution in [-0.4, -0.2) is 32.7 Å². The molecule has 0 aliphatic rings. The zero-order valence-electron chi connectivity index (χ0n) is 29.0. The Hall–Kier alpha value is -2.68. The number of aliphatic hydroxyl groups is 1. The fourth-order valence-corrected chi connectivity index (χ4v) is 10.9. The fourth-order valence-electron chi connectivity index (χ4n) is 6.26. The van der Waals surface area contributed by atoms with Gasteiger partial charge in [-0.3, -0.25) is 0 Å². The second-order valence-corrected chi connectivity index (χ2v) is 18.0. The van der Waals surface area contributed by atoms with Gasteiger partial charge < -0.3 is 14.3 Å². The predicted molar refractivity (Wildman–Crippen MR) is 198 cm³/mol. The molecule has 0 aliphatic heterocycles. The Morgan fingerprint density at radius 1 is 0.609 bits per heavy atom. The number of hydrogen-bond donors (Lipinski definition) is 1. The predicted octanol–water partition coefficient (Wildman–Crippen LogP) is 9.61. The lowest BCUT2D eigenvalue weighted by atomic mass is 10.1. The molecule has 46 heavy (non-hydrogen) atoms. The lowest BCUT2D eigenvalue weighted by Crippen LogP contribution is -2.66. The molecule has 0 radical (unpaired) electrons. The molecule has 1 atom stereocenters. The van der Waals surface area contributed by atoms with Gasteiger partial charge in [-0.15, -0.1) is 11.8 Å². The van der Waals surface area contributed by atoms with E-state index in [9.17, 15) is 5.11 Å². The third-order valence-corrected chi connectivity index (χ3v) is 13.9. The summed E-state index contributed by atoms with van der Waals surface area (Å²) >= 11 is 0. The summed E-state index contributed by atoms with van der Waals surface area (Å²) in [5.41, 5.74) is 1.16. The van der Waals surface area contributed by atoms with E-state index in [1.54, 1.807) is 0 Å². The van der Waals surface area contributed by atoms with Crippen LogP contribution in [-0.2, 0) is 15.8 Å². The summed E-state index contributed by atoms with van der Waals surface area (Å²) < 4.78 is 12.7. The van der Waals surface area contributed by atoms with Crippen LogP contribution in [0.2, 0.25) is 5.04 Å². The molecular formula is C42H60O3Si. The highest BCUT2D eigenvalue weighted by Gasteiger charge is 2.49. The van der Waals surface area contributed by atoms with Gasteiger partial charge in [-0.1, -0.05) is 170 Å². The van der Waals surface area contributed by atoms with Crippen LogP contribution in [0.3, 0.4) is 0 Å². The molecule has 4 heteroatoms. The second kappa shape index (κ2) is 22.0. The minimum Gasteiger partial charge on any atom is -0.407 e. The fraction of sp³-hybridized carbons (Fsp3) is 0.524. The number of aliphatic hydroxyl groups excluding tert-OH is 1. The van der Waals surface area contributed by atoms with E-state index in [4.69, 9.17) is 9.16 Å². The molecule has 3 nitrogen and oxygen atoms in total. The molecule has 3 aromatic rings. The van der Waals surface area contributed by atoms with Crippen LogP contribution in [0, 0.1) is 11.8 Å². The van der Waals surface area contributed by atoms with E-state index in [1.165, 1.54) is 74.6 Å².